The van der Waals surface area contributed by atoms with Crippen molar-refractivity contribution in [2.75, 3.05) is 6.61 Å². The van der Waals surface area contributed by atoms with Crippen LogP contribution in [-0.2, 0) is 7.05 Å². The fourth-order valence-corrected chi connectivity index (χ4v) is 3.94. The summed E-state index contributed by atoms with van der Waals surface area (Å²) >= 11 is 0. The average Bonchev–Trinajstić information content (AvgIpc) is 3.05. The smallest absolute Gasteiger partial charge is 0.333 e. The van der Waals surface area contributed by atoms with Gasteiger partial charge in [0.2, 0.25) is 11.8 Å². The minimum absolute atomic E-state index is 0.251. The molecule has 1 aromatic carbocycles. The Hall–Kier alpha value is -4.07. The van der Waals surface area contributed by atoms with Crippen LogP contribution in [0.15, 0.2) is 59.7 Å². The third-order valence-electron chi connectivity index (χ3n) is 5.51. The van der Waals surface area contributed by atoms with E-state index >= 15 is 0 Å². The van der Waals surface area contributed by atoms with Crippen molar-refractivity contribution in [1.29, 1.82) is 0 Å². The first-order chi connectivity index (χ1) is 15.5. The van der Waals surface area contributed by atoms with Crippen LogP contribution >= 0.6 is 0 Å². The molecule has 4 heterocycles. The van der Waals surface area contributed by atoms with Crippen molar-refractivity contribution in [1.82, 2.24) is 24.1 Å². The Kier molecular flexibility index (Phi) is 4.70. The maximum Gasteiger partial charge on any atom is 0.333 e. The fraction of sp³-hybridized carbons (Fsp3) is 0.167. The van der Waals surface area contributed by atoms with Gasteiger partial charge in [-0.3, -0.25) is 14.1 Å². The molecule has 0 spiro atoms. The number of benzene rings is 1. The van der Waals surface area contributed by atoms with E-state index in [4.69, 9.17) is 4.74 Å². The zero-order chi connectivity index (χ0) is 22.4. The molecule has 5 aromatic rings. The summed E-state index contributed by atoms with van der Waals surface area (Å²) in [7, 11) is 1.70. The molecule has 0 aliphatic rings. The van der Waals surface area contributed by atoms with Crippen molar-refractivity contribution in [2.24, 2.45) is 7.05 Å². The molecule has 0 bridgehead atoms. The number of nitrogens with zero attached hydrogens (tertiary/aromatic N) is 5. The summed E-state index contributed by atoms with van der Waals surface area (Å²) in [4.78, 5) is 26.0. The van der Waals surface area contributed by atoms with Crippen LogP contribution in [0.3, 0.4) is 0 Å². The first-order valence-corrected chi connectivity index (χ1v) is 10.2. The first-order valence-electron chi connectivity index (χ1n) is 10.2. The van der Waals surface area contributed by atoms with E-state index in [2.05, 4.69) is 15.0 Å². The van der Waals surface area contributed by atoms with Crippen LogP contribution in [0.25, 0.3) is 38.8 Å². The minimum atomic E-state index is -0.587. The van der Waals surface area contributed by atoms with E-state index in [0.717, 1.165) is 22.0 Å². The van der Waals surface area contributed by atoms with Gasteiger partial charge in [0, 0.05) is 30.3 Å². The highest BCUT2D eigenvalue weighted by Crippen LogP contribution is 2.30. The second-order valence-electron chi connectivity index (χ2n) is 7.46. The number of pyridine rings is 3. The monoisotopic (exact) mass is 429 g/mol. The molecule has 5 rings (SSSR count). The van der Waals surface area contributed by atoms with Gasteiger partial charge >= 0.3 is 5.69 Å². The van der Waals surface area contributed by atoms with E-state index in [0.29, 0.717) is 34.9 Å². The van der Waals surface area contributed by atoms with E-state index in [1.807, 2.05) is 37.3 Å². The predicted octanol–water partition coefficient (Wildman–Crippen LogP) is 4.18. The molecule has 0 unspecified atom stereocenters. The van der Waals surface area contributed by atoms with Crippen LogP contribution < -0.4 is 10.4 Å². The lowest BCUT2D eigenvalue weighted by Crippen LogP contribution is -2.21. The summed E-state index contributed by atoms with van der Waals surface area (Å²) in [5.41, 5.74) is 4.66. The van der Waals surface area contributed by atoms with E-state index in [1.54, 1.807) is 37.0 Å². The number of rotatable bonds is 4. The molecule has 0 N–H and O–H groups in total. The Morgan fingerprint density at radius 3 is 2.56 bits per heavy atom. The number of aryl methyl sites for hydroxylation is 2. The normalized spacial score (nSPS) is 11.4. The Morgan fingerprint density at radius 1 is 1.03 bits per heavy atom. The number of aromatic nitrogens is 5. The maximum atomic E-state index is 13.6. The van der Waals surface area contributed by atoms with Crippen molar-refractivity contribution < 1.29 is 9.13 Å². The van der Waals surface area contributed by atoms with Crippen molar-refractivity contribution in [3.8, 4) is 22.7 Å². The summed E-state index contributed by atoms with van der Waals surface area (Å²) < 4.78 is 22.2. The van der Waals surface area contributed by atoms with Crippen molar-refractivity contribution in [2.45, 2.75) is 13.8 Å². The highest BCUT2D eigenvalue weighted by Gasteiger charge is 2.18. The summed E-state index contributed by atoms with van der Waals surface area (Å²) in [6, 6.07) is 12.5. The quantitative estimate of drug-likeness (QED) is 0.401. The van der Waals surface area contributed by atoms with Crippen LogP contribution in [0.2, 0.25) is 0 Å². The molecule has 160 valence electrons. The number of hydrogen-bond donors (Lipinski definition) is 0. The van der Waals surface area contributed by atoms with Crippen LogP contribution in [0.5, 0.6) is 5.88 Å². The molecule has 4 aromatic heterocycles. The van der Waals surface area contributed by atoms with Gasteiger partial charge in [0.25, 0.3) is 0 Å². The van der Waals surface area contributed by atoms with E-state index < -0.39 is 5.95 Å². The highest BCUT2D eigenvalue weighted by molar-refractivity contribution is 6.04. The number of imidazole rings is 1. The minimum Gasteiger partial charge on any atom is -0.478 e. The topological polar surface area (TPSA) is 74.8 Å². The van der Waals surface area contributed by atoms with E-state index in [-0.39, 0.29) is 5.69 Å². The molecule has 0 atom stereocenters. The molecule has 0 saturated carbocycles. The van der Waals surface area contributed by atoms with Gasteiger partial charge in [0.1, 0.15) is 0 Å². The second kappa shape index (κ2) is 7.56. The summed E-state index contributed by atoms with van der Waals surface area (Å²) in [6.07, 6.45) is 3.44. The van der Waals surface area contributed by atoms with Gasteiger partial charge in [-0.25, -0.2) is 14.8 Å². The van der Waals surface area contributed by atoms with Crippen LogP contribution in [-0.4, -0.2) is 30.7 Å². The lowest BCUT2D eigenvalue weighted by molar-refractivity contribution is 0.327. The molecule has 0 saturated heterocycles. The highest BCUT2D eigenvalue weighted by atomic mass is 19.1. The second-order valence-corrected chi connectivity index (χ2v) is 7.46. The molecular formula is C24H20FN5O2. The van der Waals surface area contributed by atoms with Gasteiger partial charge in [0.05, 0.1) is 40.7 Å². The fourth-order valence-electron chi connectivity index (χ4n) is 3.94. The number of hydrogen-bond acceptors (Lipinski definition) is 5. The molecule has 8 heteroatoms. The molecule has 0 aliphatic heterocycles. The van der Waals surface area contributed by atoms with Gasteiger partial charge in [-0.05, 0) is 49.7 Å². The predicted molar refractivity (Wildman–Crippen MR) is 121 cm³/mol. The van der Waals surface area contributed by atoms with Crippen LogP contribution in [0.1, 0.15) is 12.6 Å². The third kappa shape index (κ3) is 3.11. The van der Waals surface area contributed by atoms with Crippen LogP contribution in [0.4, 0.5) is 4.39 Å². The van der Waals surface area contributed by atoms with Crippen LogP contribution in [0, 0.1) is 12.9 Å². The Bertz CT molecular complexity index is 1540. The molecular weight excluding hydrogens is 409 g/mol. The molecule has 7 nitrogen and oxygen atoms in total. The number of ether oxygens (including phenoxy) is 1. The Balaban J connectivity index is 1.79. The first kappa shape index (κ1) is 19.9. The lowest BCUT2D eigenvalue weighted by Gasteiger charge is -2.10. The molecule has 0 radical (unpaired) electrons. The molecule has 0 aliphatic carbocycles. The van der Waals surface area contributed by atoms with Gasteiger partial charge in [-0.15, -0.1) is 0 Å². The van der Waals surface area contributed by atoms with Crippen molar-refractivity contribution in [3.63, 3.8) is 0 Å². The third-order valence-corrected chi connectivity index (χ3v) is 5.51. The standard InChI is InChI=1S/C24H20FN5O2/c1-4-32-22-10-6-16(12-27-22)15-5-7-18-17(11-15)23-20(13-26-18)29(3)24(31)30(23)19-8-9-21(25)28-14(19)2/h5-13H,4H2,1-3H3. The Morgan fingerprint density at radius 2 is 1.84 bits per heavy atom. The largest absolute Gasteiger partial charge is 0.478 e. The molecule has 0 amide bonds. The van der Waals surface area contributed by atoms with Crippen molar-refractivity contribution in [3.05, 3.63) is 77.0 Å². The molecule has 32 heavy (non-hydrogen) atoms. The Labute approximate surface area is 182 Å². The lowest BCUT2D eigenvalue weighted by atomic mass is 10.0. The summed E-state index contributed by atoms with van der Waals surface area (Å²) in [5.74, 6) is -0.0198. The maximum absolute atomic E-state index is 13.6. The number of fused-ring (bicyclic) bond motifs is 3. The van der Waals surface area contributed by atoms with Gasteiger partial charge in [-0.1, -0.05) is 6.07 Å². The molecule has 0 fully saturated rings. The SMILES string of the molecule is CCOc1ccc(-c2ccc3ncc4c(c3c2)n(-c2ccc(F)nc2C)c(=O)n4C)cn1. The van der Waals surface area contributed by atoms with Gasteiger partial charge < -0.3 is 4.74 Å². The number of halogens is 1. The zero-order valence-electron chi connectivity index (χ0n) is 17.8. The summed E-state index contributed by atoms with van der Waals surface area (Å²) in [5, 5.41) is 0.801. The summed E-state index contributed by atoms with van der Waals surface area (Å²) in [6.45, 7) is 4.15. The van der Waals surface area contributed by atoms with Gasteiger partial charge in [-0.2, -0.15) is 4.39 Å². The van der Waals surface area contributed by atoms with E-state index in [9.17, 15) is 9.18 Å². The van der Waals surface area contributed by atoms with Gasteiger partial charge in [0.15, 0.2) is 0 Å². The van der Waals surface area contributed by atoms with E-state index in [1.165, 1.54) is 10.6 Å². The average molecular weight is 429 g/mol. The van der Waals surface area contributed by atoms with Crippen molar-refractivity contribution >= 4 is 21.9 Å². The zero-order valence-corrected chi connectivity index (χ0v) is 17.8.